The van der Waals surface area contributed by atoms with Gasteiger partial charge in [0.25, 0.3) is 5.91 Å². The number of carbonyl (C=O) groups excluding carboxylic acids is 3. The van der Waals surface area contributed by atoms with E-state index in [-0.39, 0.29) is 46.9 Å². The van der Waals surface area contributed by atoms with Gasteiger partial charge in [0, 0.05) is 29.7 Å². The second-order valence-corrected chi connectivity index (χ2v) is 16.5. The second kappa shape index (κ2) is 15.4. The van der Waals surface area contributed by atoms with E-state index in [0.29, 0.717) is 17.9 Å². The summed E-state index contributed by atoms with van der Waals surface area (Å²) in [7, 11) is -1.77. The maximum atomic E-state index is 13.9. The molecule has 3 unspecified atom stereocenters. The van der Waals surface area contributed by atoms with Crippen LogP contribution in [-0.4, -0.2) is 91.6 Å². The summed E-state index contributed by atoms with van der Waals surface area (Å²) >= 11 is 5.99. The van der Waals surface area contributed by atoms with Crippen molar-refractivity contribution in [2.24, 2.45) is 5.92 Å². The van der Waals surface area contributed by atoms with Gasteiger partial charge in [-0.1, -0.05) is 11.6 Å². The predicted octanol–water partition coefficient (Wildman–Crippen LogP) is 6.27. The monoisotopic (exact) mass is 744 g/mol. The van der Waals surface area contributed by atoms with E-state index in [2.05, 4.69) is 34.1 Å². The van der Waals surface area contributed by atoms with Crippen molar-refractivity contribution in [2.75, 3.05) is 24.7 Å². The molecule has 2 aromatic rings. The standard InChI is InChI=1S/C34H44ClF3N4O7S/c1-20(2)41(6)23-9-14-29(21(17-23)19-50(46,47)25-11-7-22(35)8-12-25)42-16-15-28(31(42)44)39-30(43)26-18-24(48-34(36,37)38)10-13-27(26)40-32(45)49-33(3,4)5/h7-8,10-13,18,20-21,23,28-29H,9,14-17,19H2,1-6H3,(H,39,43)(H,40,45)/t21-,23?,28?,29?/m0/s1. The Kier molecular flexibility index (Phi) is 12.0. The molecular weight excluding hydrogens is 701 g/mol. The number of nitrogens with zero attached hydrogens (tertiary/aromatic N) is 2. The molecule has 1 heterocycles. The summed E-state index contributed by atoms with van der Waals surface area (Å²) in [5.41, 5.74) is -1.44. The SMILES string of the molecule is CC(C)N(C)C1CCC(N2CCC(NC(=O)c3cc(OC(F)(F)F)ccc3NC(=O)OC(C)(C)C)C2=O)[C@H](CS(=O)(=O)c2ccc(Cl)cc2)C1. The minimum atomic E-state index is -5.05. The van der Waals surface area contributed by atoms with E-state index in [9.17, 15) is 36.0 Å². The summed E-state index contributed by atoms with van der Waals surface area (Å²) < 4.78 is 75.5. The molecule has 16 heteroatoms. The van der Waals surface area contributed by atoms with Gasteiger partial charge in [-0.2, -0.15) is 0 Å². The largest absolute Gasteiger partial charge is 0.573 e. The molecule has 276 valence electrons. The first-order valence-electron chi connectivity index (χ1n) is 16.3. The van der Waals surface area contributed by atoms with Gasteiger partial charge in [-0.15, -0.1) is 13.2 Å². The van der Waals surface area contributed by atoms with Crippen LogP contribution in [0.15, 0.2) is 47.4 Å². The van der Waals surface area contributed by atoms with Crippen molar-refractivity contribution in [3.05, 3.63) is 53.1 Å². The van der Waals surface area contributed by atoms with Crippen molar-refractivity contribution in [3.8, 4) is 5.75 Å². The van der Waals surface area contributed by atoms with E-state index in [1.165, 1.54) is 24.3 Å². The lowest BCUT2D eigenvalue weighted by molar-refractivity contribution is -0.274. The molecule has 0 radical (unpaired) electrons. The number of sulfone groups is 1. The van der Waals surface area contributed by atoms with Crippen molar-refractivity contribution in [3.63, 3.8) is 0 Å². The third-order valence-corrected chi connectivity index (χ3v) is 11.1. The molecule has 11 nitrogen and oxygen atoms in total. The topological polar surface area (TPSA) is 134 Å². The molecular formula is C34H44ClF3N4O7S. The van der Waals surface area contributed by atoms with E-state index in [1.807, 2.05) is 7.05 Å². The van der Waals surface area contributed by atoms with Gasteiger partial charge in [-0.05, 0) is 116 Å². The molecule has 0 spiro atoms. The molecule has 3 amide bonds. The number of hydrogen-bond donors (Lipinski definition) is 2. The van der Waals surface area contributed by atoms with E-state index in [1.54, 1.807) is 25.7 Å². The smallest absolute Gasteiger partial charge is 0.444 e. The number of nitrogens with one attached hydrogen (secondary N) is 2. The Bertz CT molecular complexity index is 1670. The first-order chi connectivity index (χ1) is 23.1. The lowest BCUT2D eigenvalue weighted by Gasteiger charge is -2.44. The number of likely N-dealkylation sites (tertiary alicyclic amines) is 1. The van der Waals surface area contributed by atoms with Crippen LogP contribution in [0.1, 0.15) is 70.7 Å². The van der Waals surface area contributed by atoms with Gasteiger partial charge >= 0.3 is 12.5 Å². The fourth-order valence-corrected chi connectivity index (χ4v) is 8.25. The number of halogens is 4. The van der Waals surface area contributed by atoms with Crippen LogP contribution in [0, 0.1) is 5.92 Å². The van der Waals surface area contributed by atoms with Crippen LogP contribution in [0.2, 0.25) is 5.02 Å². The molecule has 1 aliphatic carbocycles. The molecule has 2 fully saturated rings. The van der Waals surface area contributed by atoms with Gasteiger partial charge in [-0.3, -0.25) is 14.9 Å². The van der Waals surface area contributed by atoms with Crippen LogP contribution in [0.3, 0.4) is 0 Å². The molecule has 1 saturated heterocycles. The lowest BCUT2D eigenvalue weighted by Crippen LogP contribution is -2.53. The van der Waals surface area contributed by atoms with Gasteiger partial charge in [-0.25, -0.2) is 13.2 Å². The van der Waals surface area contributed by atoms with Crippen molar-refractivity contribution in [1.29, 1.82) is 0 Å². The number of carbonyl (C=O) groups is 3. The molecule has 1 aliphatic heterocycles. The molecule has 2 N–H and O–H groups in total. The number of alkyl halides is 3. The molecule has 0 bridgehead atoms. The number of anilines is 1. The number of rotatable bonds is 10. The highest BCUT2D eigenvalue weighted by molar-refractivity contribution is 7.91. The highest BCUT2D eigenvalue weighted by atomic mass is 35.5. The van der Waals surface area contributed by atoms with Gasteiger partial charge in [0.05, 0.1) is 21.9 Å². The Morgan fingerprint density at radius 2 is 1.72 bits per heavy atom. The molecule has 2 aliphatic rings. The van der Waals surface area contributed by atoms with E-state index in [4.69, 9.17) is 16.3 Å². The zero-order valence-corrected chi connectivity index (χ0v) is 30.4. The highest BCUT2D eigenvalue weighted by Crippen LogP contribution is 2.36. The second-order valence-electron chi connectivity index (χ2n) is 14.0. The lowest BCUT2D eigenvalue weighted by atomic mass is 9.81. The Morgan fingerprint density at radius 3 is 2.32 bits per heavy atom. The Hall–Kier alpha value is -3.56. The summed E-state index contributed by atoms with van der Waals surface area (Å²) in [5, 5.41) is 5.39. The van der Waals surface area contributed by atoms with Crippen LogP contribution in [0.25, 0.3) is 0 Å². The zero-order valence-electron chi connectivity index (χ0n) is 28.8. The summed E-state index contributed by atoms with van der Waals surface area (Å²) in [6.07, 6.45) is -4.02. The van der Waals surface area contributed by atoms with Gasteiger partial charge in [0.1, 0.15) is 17.4 Å². The highest BCUT2D eigenvalue weighted by Gasteiger charge is 2.44. The molecule has 50 heavy (non-hydrogen) atoms. The maximum absolute atomic E-state index is 13.9. The first-order valence-corrected chi connectivity index (χ1v) is 18.4. The average Bonchev–Trinajstić information content (AvgIpc) is 3.34. The number of benzene rings is 2. The van der Waals surface area contributed by atoms with Crippen LogP contribution in [-0.2, 0) is 19.4 Å². The van der Waals surface area contributed by atoms with Gasteiger partial charge in [0.2, 0.25) is 5.91 Å². The van der Waals surface area contributed by atoms with Gasteiger partial charge in [0.15, 0.2) is 9.84 Å². The first kappa shape index (κ1) is 39.2. The Balaban J connectivity index is 1.56. The Morgan fingerprint density at radius 1 is 1.06 bits per heavy atom. The number of hydrogen-bond acceptors (Lipinski definition) is 8. The van der Waals surface area contributed by atoms with Crippen LogP contribution >= 0.6 is 11.6 Å². The maximum Gasteiger partial charge on any atom is 0.573 e. The third-order valence-electron chi connectivity index (χ3n) is 8.96. The summed E-state index contributed by atoms with van der Waals surface area (Å²) in [4.78, 5) is 43.8. The van der Waals surface area contributed by atoms with E-state index in [0.717, 1.165) is 24.6 Å². The quantitative estimate of drug-likeness (QED) is 0.291. The summed E-state index contributed by atoms with van der Waals surface area (Å²) in [6, 6.07) is 7.59. The minimum absolute atomic E-state index is 0.0898. The predicted molar refractivity (Wildman–Crippen MR) is 182 cm³/mol. The summed E-state index contributed by atoms with van der Waals surface area (Å²) in [5.74, 6) is -2.68. The van der Waals surface area contributed by atoms with E-state index >= 15 is 0 Å². The normalized spacial score (nSPS) is 21.8. The van der Waals surface area contributed by atoms with Crippen LogP contribution in [0.5, 0.6) is 5.75 Å². The van der Waals surface area contributed by atoms with Gasteiger partial charge < -0.3 is 24.6 Å². The fourth-order valence-electron chi connectivity index (χ4n) is 6.46. The molecule has 4 rings (SSSR count). The minimum Gasteiger partial charge on any atom is -0.444 e. The Labute approximate surface area is 295 Å². The fraction of sp³-hybridized carbons (Fsp3) is 0.559. The number of amides is 3. The summed E-state index contributed by atoms with van der Waals surface area (Å²) in [6.45, 7) is 9.20. The van der Waals surface area contributed by atoms with Crippen LogP contribution < -0.4 is 15.4 Å². The van der Waals surface area contributed by atoms with E-state index < -0.39 is 63.5 Å². The molecule has 4 atom stereocenters. The third kappa shape index (κ3) is 10.3. The average molecular weight is 745 g/mol. The molecule has 2 aromatic carbocycles. The molecule has 1 saturated carbocycles. The van der Waals surface area contributed by atoms with Crippen molar-refractivity contribution in [1.82, 2.24) is 15.1 Å². The number of ether oxygens (including phenoxy) is 2. The van der Waals surface area contributed by atoms with Crippen molar-refractivity contribution in [2.45, 2.75) is 101 Å². The van der Waals surface area contributed by atoms with Crippen molar-refractivity contribution < 1.29 is 45.4 Å². The van der Waals surface area contributed by atoms with Crippen molar-refractivity contribution >= 4 is 45.0 Å². The molecule has 0 aromatic heterocycles. The zero-order chi connectivity index (χ0) is 37.2. The van der Waals surface area contributed by atoms with Crippen LogP contribution in [0.4, 0.5) is 23.7 Å².